The molecule has 0 saturated heterocycles. The molecule has 0 aliphatic rings. The van der Waals surface area contributed by atoms with Crippen LogP contribution >= 0.6 is 0 Å². The van der Waals surface area contributed by atoms with Gasteiger partial charge in [0.1, 0.15) is 0 Å². The van der Waals surface area contributed by atoms with E-state index in [4.69, 9.17) is 0 Å². The first kappa shape index (κ1) is 10.4. The molecule has 0 aliphatic carbocycles. The van der Waals surface area contributed by atoms with E-state index in [-0.39, 0.29) is 18.0 Å². The Bertz CT molecular complexity index is 479. The Balaban J connectivity index is 2.12. The SMILES string of the molecule is Cc1cnc(C(=O)Cc2ccccn2)nc1. The van der Waals surface area contributed by atoms with Gasteiger partial charge in [0, 0.05) is 24.3 Å². The number of pyridine rings is 1. The summed E-state index contributed by atoms with van der Waals surface area (Å²) in [5, 5.41) is 0. The highest BCUT2D eigenvalue weighted by Gasteiger charge is 2.10. The maximum absolute atomic E-state index is 11.8. The molecule has 0 amide bonds. The zero-order chi connectivity index (χ0) is 11.4. The molecule has 4 nitrogen and oxygen atoms in total. The average Bonchev–Trinajstić information content (AvgIpc) is 2.31. The van der Waals surface area contributed by atoms with Crippen molar-refractivity contribution in [3.05, 3.63) is 53.9 Å². The number of rotatable bonds is 3. The lowest BCUT2D eigenvalue weighted by molar-refractivity contribution is 0.0982. The Kier molecular flexibility index (Phi) is 3.00. The van der Waals surface area contributed by atoms with Gasteiger partial charge in [-0.2, -0.15) is 0 Å². The summed E-state index contributed by atoms with van der Waals surface area (Å²) in [5.41, 5.74) is 1.67. The highest BCUT2D eigenvalue weighted by atomic mass is 16.1. The van der Waals surface area contributed by atoms with Gasteiger partial charge in [-0.3, -0.25) is 9.78 Å². The van der Waals surface area contributed by atoms with Crippen molar-refractivity contribution in [1.82, 2.24) is 15.0 Å². The molecule has 0 radical (unpaired) electrons. The minimum Gasteiger partial charge on any atom is -0.290 e. The number of nitrogens with zero attached hydrogens (tertiary/aromatic N) is 3. The summed E-state index contributed by atoms with van der Waals surface area (Å²) >= 11 is 0. The lowest BCUT2D eigenvalue weighted by Crippen LogP contribution is -2.09. The maximum Gasteiger partial charge on any atom is 0.205 e. The van der Waals surface area contributed by atoms with Crippen LogP contribution in [0.1, 0.15) is 21.9 Å². The molecule has 2 rings (SSSR count). The zero-order valence-electron chi connectivity index (χ0n) is 8.92. The molecule has 16 heavy (non-hydrogen) atoms. The van der Waals surface area contributed by atoms with Crippen LogP contribution in [-0.2, 0) is 6.42 Å². The van der Waals surface area contributed by atoms with Crippen LogP contribution < -0.4 is 0 Å². The van der Waals surface area contributed by atoms with Crippen molar-refractivity contribution in [3.8, 4) is 0 Å². The monoisotopic (exact) mass is 213 g/mol. The van der Waals surface area contributed by atoms with Gasteiger partial charge in [-0.25, -0.2) is 9.97 Å². The predicted molar refractivity (Wildman–Crippen MR) is 59.0 cm³/mol. The minimum atomic E-state index is -0.112. The number of carbonyl (C=O) groups is 1. The molecular weight excluding hydrogens is 202 g/mol. The van der Waals surface area contributed by atoms with Crippen LogP contribution in [0.15, 0.2) is 36.8 Å². The minimum absolute atomic E-state index is 0.112. The van der Waals surface area contributed by atoms with E-state index < -0.39 is 0 Å². The topological polar surface area (TPSA) is 55.7 Å². The van der Waals surface area contributed by atoms with Gasteiger partial charge in [0.15, 0.2) is 5.82 Å². The van der Waals surface area contributed by atoms with Gasteiger partial charge >= 0.3 is 0 Å². The van der Waals surface area contributed by atoms with Crippen LogP contribution in [0.25, 0.3) is 0 Å². The summed E-state index contributed by atoms with van der Waals surface area (Å²) in [4.78, 5) is 23.8. The van der Waals surface area contributed by atoms with Gasteiger partial charge in [0.05, 0.1) is 6.42 Å². The molecule has 80 valence electrons. The number of hydrogen-bond donors (Lipinski definition) is 0. The fourth-order valence-electron chi connectivity index (χ4n) is 1.28. The molecule has 0 aromatic carbocycles. The number of aromatic nitrogens is 3. The second kappa shape index (κ2) is 4.61. The van der Waals surface area contributed by atoms with E-state index in [0.29, 0.717) is 0 Å². The summed E-state index contributed by atoms with van der Waals surface area (Å²) < 4.78 is 0. The van der Waals surface area contributed by atoms with E-state index in [0.717, 1.165) is 11.3 Å². The normalized spacial score (nSPS) is 10.1. The van der Waals surface area contributed by atoms with Crippen LogP contribution in [0.3, 0.4) is 0 Å². The van der Waals surface area contributed by atoms with Crippen LogP contribution in [0.5, 0.6) is 0 Å². The molecule has 2 aromatic heterocycles. The zero-order valence-corrected chi connectivity index (χ0v) is 8.92. The molecule has 0 aliphatic heterocycles. The fourth-order valence-corrected chi connectivity index (χ4v) is 1.28. The van der Waals surface area contributed by atoms with Crippen molar-refractivity contribution in [2.24, 2.45) is 0 Å². The summed E-state index contributed by atoms with van der Waals surface area (Å²) in [6, 6.07) is 5.48. The summed E-state index contributed by atoms with van der Waals surface area (Å²) in [5.74, 6) is 0.134. The first-order valence-corrected chi connectivity index (χ1v) is 4.97. The number of ketones is 1. The Hall–Kier alpha value is -2.10. The van der Waals surface area contributed by atoms with Crippen LogP contribution in [0, 0.1) is 6.92 Å². The third-order valence-corrected chi connectivity index (χ3v) is 2.10. The van der Waals surface area contributed by atoms with Gasteiger partial charge < -0.3 is 0 Å². The number of hydrogen-bond acceptors (Lipinski definition) is 4. The standard InChI is InChI=1S/C12H11N3O/c1-9-7-14-12(15-8-9)11(16)6-10-4-2-3-5-13-10/h2-5,7-8H,6H2,1H3. The molecular formula is C12H11N3O. The van der Waals surface area contributed by atoms with Crippen LogP contribution in [0.2, 0.25) is 0 Å². The highest BCUT2D eigenvalue weighted by molar-refractivity contribution is 5.93. The van der Waals surface area contributed by atoms with Crippen molar-refractivity contribution < 1.29 is 4.79 Å². The van der Waals surface area contributed by atoms with E-state index in [1.807, 2.05) is 25.1 Å². The van der Waals surface area contributed by atoms with Gasteiger partial charge in [0.2, 0.25) is 5.78 Å². The van der Waals surface area contributed by atoms with Crippen LogP contribution in [0.4, 0.5) is 0 Å². The number of carbonyl (C=O) groups excluding carboxylic acids is 1. The smallest absolute Gasteiger partial charge is 0.205 e. The lowest BCUT2D eigenvalue weighted by Gasteiger charge is -1.99. The first-order valence-electron chi connectivity index (χ1n) is 4.97. The predicted octanol–water partition coefficient (Wildman–Crippen LogP) is 1.61. The van der Waals surface area contributed by atoms with Crippen LogP contribution in [-0.4, -0.2) is 20.7 Å². The average molecular weight is 213 g/mol. The Morgan fingerprint density at radius 2 is 1.94 bits per heavy atom. The number of aryl methyl sites for hydroxylation is 1. The van der Waals surface area contributed by atoms with Crippen molar-refractivity contribution in [2.75, 3.05) is 0 Å². The summed E-state index contributed by atoms with van der Waals surface area (Å²) in [6.45, 7) is 1.88. The summed E-state index contributed by atoms with van der Waals surface area (Å²) in [6.07, 6.45) is 5.18. The molecule has 0 fully saturated rings. The van der Waals surface area contributed by atoms with E-state index in [1.54, 1.807) is 18.6 Å². The molecule has 2 heterocycles. The first-order chi connectivity index (χ1) is 7.75. The third-order valence-electron chi connectivity index (χ3n) is 2.10. The molecule has 0 unspecified atom stereocenters. The fraction of sp³-hybridized carbons (Fsp3) is 0.167. The Morgan fingerprint density at radius 3 is 2.56 bits per heavy atom. The molecule has 4 heteroatoms. The molecule has 0 bridgehead atoms. The maximum atomic E-state index is 11.8. The molecule has 0 saturated carbocycles. The lowest BCUT2D eigenvalue weighted by atomic mass is 10.2. The third kappa shape index (κ3) is 2.48. The van der Waals surface area contributed by atoms with Crippen molar-refractivity contribution in [2.45, 2.75) is 13.3 Å². The molecule has 2 aromatic rings. The van der Waals surface area contributed by atoms with E-state index >= 15 is 0 Å². The molecule has 0 atom stereocenters. The van der Waals surface area contributed by atoms with Gasteiger partial charge in [-0.15, -0.1) is 0 Å². The molecule has 0 spiro atoms. The summed E-state index contributed by atoms with van der Waals surface area (Å²) in [7, 11) is 0. The van der Waals surface area contributed by atoms with Crippen molar-refractivity contribution >= 4 is 5.78 Å². The van der Waals surface area contributed by atoms with E-state index in [1.165, 1.54) is 0 Å². The largest absolute Gasteiger partial charge is 0.290 e. The quantitative estimate of drug-likeness (QED) is 0.727. The van der Waals surface area contributed by atoms with Gasteiger partial charge in [-0.1, -0.05) is 6.07 Å². The van der Waals surface area contributed by atoms with Gasteiger partial charge in [-0.05, 0) is 24.6 Å². The van der Waals surface area contributed by atoms with Crippen molar-refractivity contribution in [1.29, 1.82) is 0 Å². The Labute approximate surface area is 93.4 Å². The highest BCUT2D eigenvalue weighted by Crippen LogP contribution is 2.01. The second-order valence-corrected chi connectivity index (χ2v) is 3.51. The Morgan fingerprint density at radius 1 is 1.19 bits per heavy atom. The van der Waals surface area contributed by atoms with Gasteiger partial charge in [0.25, 0.3) is 0 Å². The second-order valence-electron chi connectivity index (χ2n) is 3.51. The number of Topliss-reactive ketones (excluding diaryl/α,β-unsaturated/α-hetero) is 1. The molecule has 0 N–H and O–H groups in total. The van der Waals surface area contributed by atoms with E-state index in [2.05, 4.69) is 15.0 Å². The van der Waals surface area contributed by atoms with E-state index in [9.17, 15) is 4.79 Å². The van der Waals surface area contributed by atoms with Crippen molar-refractivity contribution in [3.63, 3.8) is 0 Å².